The number of fused-ring (bicyclic) bond motifs is 6. The maximum Gasteiger partial charge on any atom is 0.494 e. The van der Waals surface area contributed by atoms with Crippen molar-refractivity contribution in [3.05, 3.63) is 109 Å². The van der Waals surface area contributed by atoms with Gasteiger partial charge in [0.2, 0.25) is 0 Å². The van der Waals surface area contributed by atoms with Crippen LogP contribution in [0.4, 0.5) is 0 Å². The van der Waals surface area contributed by atoms with Crippen LogP contribution in [-0.4, -0.2) is 39.0 Å². The van der Waals surface area contributed by atoms with Gasteiger partial charge >= 0.3 is 7.12 Å². The number of hydrogen-bond acceptors (Lipinski definition) is 8. The topological polar surface area (TPSA) is 83.4 Å². The largest absolute Gasteiger partial charge is 0.494 e. The first-order chi connectivity index (χ1) is 23.3. The molecule has 0 radical (unpaired) electrons. The lowest BCUT2D eigenvalue weighted by molar-refractivity contribution is 0.00992. The Morgan fingerprint density at radius 1 is 0.542 bits per heavy atom. The van der Waals surface area contributed by atoms with E-state index < -0.39 is 18.3 Å². The third-order valence-corrected chi connectivity index (χ3v) is 10.3. The van der Waals surface area contributed by atoms with Crippen molar-refractivity contribution in [1.82, 2.24) is 15.0 Å². The minimum atomic E-state index is -0.515. The van der Waals surface area contributed by atoms with Crippen LogP contribution in [0.2, 0.25) is 0 Å². The number of nitrogens with zero attached hydrogens (tertiary/aromatic N) is 3. The van der Waals surface area contributed by atoms with Crippen molar-refractivity contribution >= 4 is 69.1 Å². The number of benzene rings is 5. The molecule has 0 N–H and O–H groups in total. The van der Waals surface area contributed by atoms with Gasteiger partial charge < -0.3 is 18.1 Å². The molecule has 1 aliphatic rings. The molecule has 9 rings (SSSR count). The van der Waals surface area contributed by atoms with Crippen LogP contribution in [0.5, 0.6) is 0 Å². The third-order valence-electron chi connectivity index (χ3n) is 9.69. The lowest BCUT2D eigenvalue weighted by Gasteiger charge is -2.34. The van der Waals surface area contributed by atoms with Gasteiger partial charge in [0, 0.05) is 44.0 Å². The van der Waals surface area contributed by atoms with E-state index in [2.05, 4.69) is 36.9 Å². The van der Waals surface area contributed by atoms with E-state index in [0.717, 1.165) is 66.0 Å². The van der Waals surface area contributed by atoms with Crippen LogP contribution in [0.25, 0.3) is 78.0 Å². The Labute approximate surface area is 282 Å². The maximum atomic E-state index is 6.36. The van der Waals surface area contributed by atoms with Crippen LogP contribution < -0.4 is 5.46 Å². The third kappa shape index (κ3) is 4.64. The lowest BCUT2D eigenvalue weighted by Crippen LogP contribution is -2.46. The van der Waals surface area contributed by atoms with Crippen LogP contribution in [0, 0.1) is 0 Å². The van der Waals surface area contributed by atoms with E-state index in [0.29, 0.717) is 23.2 Å². The van der Waals surface area contributed by atoms with Gasteiger partial charge in [-0.2, -0.15) is 12.6 Å². The normalized spacial score (nSPS) is 17.7. The number of hydrogen-bond donors (Lipinski definition) is 1. The number of thiol groups is 1. The quantitative estimate of drug-likeness (QED) is 0.148. The molecule has 1 aliphatic heterocycles. The number of furan rings is 2. The zero-order chi connectivity index (χ0) is 32.6. The summed E-state index contributed by atoms with van der Waals surface area (Å²) in [5, 5.41) is 4.24. The number of para-hydroxylation sites is 2. The SMILES string of the molecule is CC1(C)OB(c2ccc(-c3nc(-c4ccc5c(c4)oc4ccccc45)nc(-c4ccc5c(c4)oc4ccccc45)n3)cc2)OC1(C)CS. The average molecular weight is 648 g/mol. The highest BCUT2D eigenvalue weighted by Crippen LogP contribution is 2.38. The molecule has 1 unspecified atom stereocenters. The Bertz CT molecular complexity index is 2390. The summed E-state index contributed by atoms with van der Waals surface area (Å²) in [7, 11) is -0.498. The Hall–Kier alpha value is -4.96. The van der Waals surface area contributed by atoms with Gasteiger partial charge in [-0.15, -0.1) is 0 Å². The summed E-state index contributed by atoms with van der Waals surface area (Å²) in [6.07, 6.45) is 0. The molecule has 7 nitrogen and oxygen atoms in total. The molecule has 0 aliphatic carbocycles. The van der Waals surface area contributed by atoms with Gasteiger partial charge in [0.25, 0.3) is 0 Å². The van der Waals surface area contributed by atoms with Crippen molar-refractivity contribution in [2.24, 2.45) is 0 Å². The van der Waals surface area contributed by atoms with Crippen LogP contribution in [0.1, 0.15) is 20.8 Å². The molecular formula is C39H30BN3O4S. The molecule has 5 aromatic carbocycles. The molecule has 4 heterocycles. The smallest absolute Gasteiger partial charge is 0.456 e. The van der Waals surface area contributed by atoms with Crippen molar-refractivity contribution in [1.29, 1.82) is 0 Å². The fourth-order valence-corrected chi connectivity index (χ4v) is 6.90. The van der Waals surface area contributed by atoms with E-state index in [1.165, 1.54) is 0 Å². The van der Waals surface area contributed by atoms with Crippen LogP contribution in [-0.2, 0) is 9.31 Å². The van der Waals surface area contributed by atoms with Gasteiger partial charge in [-0.1, -0.05) is 72.8 Å². The first-order valence-electron chi connectivity index (χ1n) is 15.9. The first-order valence-corrected chi connectivity index (χ1v) is 16.6. The summed E-state index contributed by atoms with van der Waals surface area (Å²) in [4.78, 5) is 15.0. The van der Waals surface area contributed by atoms with E-state index >= 15 is 0 Å². The number of rotatable bonds is 5. The van der Waals surface area contributed by atoms with Gasteiger partial charge in [0.05, 0.1) is 11.2 Å². The lowest BCUT2D eigenvalue weighted by atomic mass is 9.79. The van der Waals surface area contributed by atoms with E-state index in [1.54, 1.807) is 0 Å². The minimum Gasteiger partial charge on any atom is -0.456 e. The molecule has 3 aromatic heterocycles. The molecule has 8 aromatic rings. The molecular weight excluding hydrogens is 617 g/mol. The van der Waals surface area contributed by atoms with Crippen molar-refractivity contribution in [2.75, 3.05) is 5.75 Å². The second-order valence-corrected chi connectivity index (χ2v) is 13.3. The van der Waals surface area contributed by atoms with Crippen LogP contribution in [0.15, 0.2) is 118 Å². The highest BCUT2D eigenvalue weighted by molar-refractivity contribution is 7.80. The molecule has 234 valence electrons. The Balaban J connectivity index is 1.16. The number of aromatic nitrogens is 3. The molecule has 1 atom stereocenters. The highest BCUT2D eigenvalue weighted by Gasteiger charge is 2.53. The van der Waals surface area contributed by atoms with Crippen molar-refractivity contribution in [3.8, 4) is 34.2 Å². The maximum absolute atomic E-state index is 6.36. The Morgan fingerprint density at radius 3 is 1.50 bits per heavy atom. The Kier molecular flexibility index (Phi) is 6.56. The zero-order valence-electron chi connectivity index (χ0n) is 26.6. The fourth-order valence-electron chi connectivity index (χ4n) is 6.44. The molecule has 0 spiro atoms. The molecule has 48 heavy (non-hydrogen) atoms. The summed E-state index contributed by atoms with van der Waals surface area (Å²) in [6.45, 7) is 6.11. The molecule has 0 saturated carbocycles. The van der Waals surface area contributed by atoms with Crippen molar-refractivity contribution in [3.63, 3.8) is 0 Å². The van der Waals surface area contributed by atoms with E-state index in [1.807, 2.05) is 106 Å². The second-order valence-electron chi connectivity index (χ2n) is 13.0. The van der Waals surface area contributed by atoms with Crippen molar-refractivity contribution in [2.45, 2.75) is 32.0 Å². The molecule has 1 fully saturated rings. The molecule has 1 saturated heterocycles. The molecule has 0 amide bonds. The summed E-state index contributed by atoms with van der Waals surface area (Å²) >= 11 is 4.54. The summed E-state index contributed by atoms with van der Waals surface area (Å²) in [5.74, 6) is 2.18. The van der Waals surface area contributed by atoms with E-state index in [4.69, 9.17) is 33.1 Å². The van der Waals surface area contributed by atoms with Crippen LogP contribution >= 0.6 is 12.6 Å². The second kappa shape index (κ2) is 10.8. The van der Waals surface area contributed by atoms with E-state index in [-0.39, 0.29) is 0 Å². The Morgan fingerprint density at radius 2 is 1.00 bits per heavy atom. The summed E-state index contributed by atoms with van der Waals surface area (Å²) < 4.78 is 25.1. The van der Waals surface area contributed by atoms with Gasteiger partial charge in [0.15, 0.2) is 17.5 Å². The van der Waals surface area contributed by atoms with Gasteiger partial charge in [0.1, 0.15) is 22.3 Å². The fraction of sp³-hybridized carbons (Fsp3) is 0.154. The average Bonchev–Trinajstić information content (AvgIpc) is 3.76. The standard InChI is InChI=1S/C39H30BN3O4S/c1-38(2)39(3,22-48)47-40(46-38)26-16-12-23(13-17-26)35-41-36(24-14-18-29-27-8-4-6-10-31(27)44-33(29)20-24)43-37(42-35)25-15-19-30-28-9-5-7-11-32(28)45-34(30)21-25/h4-21,48H,22H2,1-3H3. The van der Waals surface area contributed by atoms with Gasteiger partial charge in [-0.05, 0) is 62.6 Å². The first kappa shape index (κ1) is 29.2. The predicted octanol–water partition coefficient (Wildman–Crippen LogP) is 8.88. The predicted molar refractivity (Wildman–Crippen MR) is 195 cm³/mol. The van der Waals surface area contributed by atoms with Crippen molar-refractivity contribution < 1.29 is 18.1 Å². The monoisotopic (exact) mass is 647 g/mol. The highest BCUT2D eigenvalue weighted by atomic mass is 32.1. The molecule has 0 bridgehead atoms. The van der Waals surface area contributed by atoms with Crippen LogP contribution in [0.3, 0.4) is 0 Å². The van der Waals surface area contributed by atoms with Gasteiger partial charge in [-0.3, -0.25) is 0 Å². The van der Waals surface area contributed by atoms with E-state index in [9.17, 15) is 0 Å². The summed E-state index contributed by atoms with van der Waals surface area (Å²) in [6, 6.07) is 36.3. The molecule has 9 heteroatoms. The summed E-state index contributed by atoms with van der Waals surface area (Å²) in [5.41, 5.74) is 5.64. The minimum absolute atomic E-state index is 0.488. The van der Waals surface area contributed by atoms with Gasteiger partial charge in [-0.25, -0.2) is 15.0 Å². The zero-order valence-corrected chi connectivity index (χ0v) is 27.5.